The number of amides is 1. The van der Waals surface area contributed by atoms with Gasteiger partial charge >= 0.3 is 0 Å². The Labute approximate surface area is 199 Å². The first-order valence-corrected chi connectivity index (χ1v) is 13.8. The first-order chi connectivity index (χ1) is 15.4. The maximum Gasteiger partial charge on any atom is 0.227 e. The number of sulfonamides is 1. The molecule has 1 aliphatic heterocycles. The van der Waals surface area contributed by atoms with Crippen LogP contribution in [-0.2, 0) is 19.6 Å². The molecule has 2 aliphatic rings. The van der Waals surface area contributed by atoms with E-state index in [4.69, 9.17) is 4.74 Å². The Morgan fingerprint density at radius 3 is 2.30 bits per heavy atom. The van der Waals surface area contributed by atoms with Crippen LogP contribution in [0.2, 0.25) is 0 Å². The molecule has 2 N–H and O–H groups in total. The Bertz CT molecular complexity index is 955. The molecule has 186 valence electrons. The maximum absolute atomic E-state index is 13.0. The molecule has 8 heteroatoms. The lowest BCUT2D eigenvalue weighted by Crippen LogP contribution is -2.52. The first-order valence-electron chi connectivity index (χ1n) is 12.2. The standard InChI is InChI=1S/C25H41N3O4S/c1-15(2)33(30,31)27-22-10-8-21(9-11-22)25(29)26-23-12-13-24(18(5)17(23)4)28-14-16(3)32-20(7)19(28)6/h12-13,15-16,19-22,27H,8-11,14H2,1-7H3,(H,26,29)/t16-,19?,20+,21-,22-/m0/s1. The summed E-state index contributed by atoms with van der Waals surface area (Å²) in [4.78, 5) is 15.4. The Morgan fingerprint density at radius 1 is 1.06 bits per heavy atom. The van der Waals surface area contributed by atoms with Gasteiger partial charge in [-0.3, -0.25) is 4.79 Å². The number of hydrogen-bond acceptors (Lipinski definition) is 5. The molecule has 0 aromatic heterocycles. The fourth-order valence-electron chi connectivity index (χ4n) is 4.87. The summed E-state index contributed by atoms with van der Waals surface area (Å²) < 4.78 is 33.0. The minimum atomic E-state index is -3.28. The summed E-state index contributed by atoms with van der Waals surface area (Å²) in [6, 6.07) is 4.32. The molecule has 1 aliphatic carbocycles. The van der Waals surface area contributed by atoms with Gasteiger partial charge in [-0.1, -0.05) is 0 Å². The zero-order valence-electron chi connectivity index (χ0n) is 21.1. The smallest absolute Gasteiger partial charge is 0.227 e. The van der Waals surface area contributed by atoms with E-state index in [2.05, 4.69) is 55.6 Å². The lowest BCUT2D eigenvalue weighted by molar-refractivity contribution is -0.120. The van der Waals surface area contributed by atoms with E-state index in [1.54, 1.807) is 13.8 Å². The van der Waals surface area contributed by atoms with Crippen molar-refractivity contribution in [2.24, 2.45) is 5.92 Å². The Kier molecular flexibility index (Phi) is 8.12. The number of benzene rings is 1. The largest absolute Gasteiger partial charge is 0.372 e. The highest BCUT2D eigenvalue weighted by molar-refractivity contribution is 7.90. The van der Waals surface area contributed by atoms with Gasteiger partial charge in [0.05, 0.1) is 23.5 Å². The van der Waals surface area contributed by atoms with E-state index in [1.165, 1.54) is 11.3 Å². The number of nitrogens with zero attached hydrogens (tertiary/aromatic N) is 1. The van der Waals surface area contributed by atoms with Crippen molar-refractivity contribution in [2.75, 3.05) is 16.8 Å². The summed E-state index contributed by atoms with van der Waals surface area (Å²) in [6.45, 7) is 14.8. The predicted octanol–water partition coefficient (Wildman–Crippen LogP) is 4.13. The average Bonchev–Trinajstić information content (AvgIpc) is 2.74. The second-order valence-corrected chi connectivity index (χ2v) is 12.4. The molecule has 1 unspecified atom stereocenters. The molecule has 7 nitrogen and oxygen atoms in total. The third-order valence-electron chi connectivity index (χ3n) is 7.45. The molecule has 0 bridgehead atoms. The lowest BCUT2D eigenvalue weighted by atomic mass is 9.86. The monoisotopic (exact) mass is 479 g/mol. The summed E-state index contributed by atoms with van der Waals surface area (Å²) in [6.07, 6.45) is 3.09. The van der Waals surface area contributed by atoms with Gasteiger partial charge in [-0.25, -0.2) is 13.1 Å². The molecule has 0 spiro atoms. The SMILES string of the molecule is Cc1c(NC(=O)[C@H]2CC[C@H](NS(=O)(=O)C(C)C)CC2)ccc(N2C[C@H](C)O[C@H](C)C2C)c1C. The molecule has 1 amide bonds. The minimum Gasteiger partial charge on any atom is -0.372 e. The van der Waals surface area contributed by atoms with E-state index in [9.17, 15) is 13.2 Å². The second-order valence-electron chi connectivity index (χ2n) is 10.2. The van der Waals surface area contributed by atoms with Gasteiger partial charge in [0.25, 0.3) is 0 Å². The van der Waals surface area contributed by atoms with Crippen LogP contribution in [0.15, 0.2) is 12.1 Å². The molecule has 0 radical (unpaired) electrons. The minimum absolute atomic E-state index is 0.0254. The summed E-state index contributed by atoms with van der Waals surface area (Å²) in [5.74, 6) is -0.0671. The summed E-state index contributed by atoms with van der Waals surface area (Å²) >= 11 is 0. The van der Waals surface area contributed by atoms with Gasteiger partial charge in [0.1, 0.15) is 0 Å². The van der Waals surface area contributed by atoms with Crippen molar-refractivity contribution < 1.29 is 17.9 Å². The van der Waals surface area contributed by atoms with Gasteiger partial charge in [0.15, 0.2) is 0 Å². The van der Waals surface area contributed by atoms with E-state index >= 15 is 0 Å². The number of nitrogens with one attached hydrogen (secondary N) is 2. The van der Waals surface area contributed by atoms with Gasteiger partial charge in [-0.15, -0.1) is 0 Å². The first kappa shape index (κ1) is 26.0. The molecule has 3 atom stereocenters. The van der Waals surface area contributed by atoms with Crippen LogP contribution in [-0.4, -0.2) is 50.4 Å². The summed E-state index contributed by atoms with van der Waals surface area (Å²) in [5.41, 5.74) is 4.30. The third kappa shape index (κ3) is 5.89. The van der Waals surface area contributed by atoms with Crippen molar-refractivity contribution in [1.82, 2.24) is 4.72 Å². The molecule has 1 aromatic rings. The molecule has 1 aromatic carbocycles. The van der Waals surface area contributed by atoms with Gasteiger partial charge in [0.2, 0.25) is 15.9 Å². The Balaban J connectivity index is 1.64. The zero-order chi connectivity index (χ0) is 24.5. The molecule has 1 heterocycles. The van der Waals surface area contributed by atoms with Crippen molar-refractivity contribution in [3.8, 4) is 0 Å². The van der Waals surface area contributed by atoms with Crippen LogP contribution < -0.4 is 14.9 Å². The van der Waals surface area contributed by atoms with Crippen molar-refractivity contribution in [2.45, 2.75) is 104 Å². The van der Waals surface area contributed by atoms with Crippen LogP contribution in [0.25, 0.3) is 0 Å². The Morgan fingerprint density at radius 2 is 1.70 bits per heavy atom. The van der Waals surface area contributed by atoms with Crippen LogP contribution in [0.4, 0.5) is 11.4 Å². The van der Waals surface area contributed by atoms with Crippen molar-refractivity contribution in [3.05, 3.63) is 23.3 Å². The van der Waals surface area contributed by atoms with E-state index in [0.29, 0.717) is 25.7 Å². The zero-order valence-corrected chi connectivity index (χ0v) is 22.0. The van der Waals surface area contributed by atoms with Gasteiger partial charge in [-0.2, -0.15) is 0 Å². The quantitative estimate of drug-likeness (QED) is 0.641. The van der Waals surface area contributed by atoms with Crippen LogP contribution in [0.5, 0.6) is 0 Å². The number of anilines is 2. The topological polar surface area (TPSA) is 87.7 Å². The van der Waals surface area contributed by atoms with Crippen LogP contribution in [0, 0.1) is 19.8 Å². The van der Waals surface area contributed by atoms with E-state index in [1.807, 2.05) is 6.07 Å². The second kappa shape index (κ2) is 10.3. The highest BCUT2D eigenvalue weighted by Crippen LogP contribution is 2.34. The number of morpholine rings is 1. The molecule has 1 saturated carbocycles. The summed E-state index contributed by atoms with van der Waals surface area (Å²) in [7, 11) is -3.28. The molecular weight excluding hydrogens is 438 g/mol. The van der Waals surface area contributed by atoms with Crippen LogP contribution in [0.1, 0.15) is 71.4 Å². The number of carbonyl (C=O) groups is 1. The van der Waals surface area contributed by atoms with Crippen molar-refractivity contribution in [3.63, 3.8) is 0 Å². The number of carbonyl (C=O) groups excluding carboxylic acids is 1. The third-order valence-corrected chi connectivity index (χ3v) is 9.35. The highest BCUT2D eigenvalue weighted by atomic mass is 32.2. The van der Waals surface area contributed by atoms with E-state index in [-0.39, 0.29) is 36.1 Å². The van der Waals surface area contributed by atoms with Crippen molar-refractivity contribution in [1.29, 1.82) is 0 Å². The van der Waals surface area contributed by atoms with Crippen LogP contribution >= 0.6 is 0 Å². The molecule has 33 heavy (non-hydrogen) atoms. The maximum atomic E-state index is 13.0. The molecule has 2 fully saturated rings. The number of hydrogen-bond donors (Lipinski definition) is 2. The fraction of sp³-hybridized carbons (Fsp3) is 0.720. The highest BCUT2D eigenvalue weighted by Gasteiger charge is 2.32. The summed E-state index contributed by atoms with van der Waals surface area (Å²) in [5, 5.41) is 2.70. The number of rotatable bonds is 6. The molecule has 3 rings (SSSR count). The molecule has 1 saturated heterocycles. The fourth-order valence-corrected chi connectivity index (χ4v) is 5.84. The average molecular weight is 480 g/mol. The normalized spacial score (nSPS) is 28.7. The predicted molar refractivity (Wildman–Crippen MR) is 134 cm³/mol. The number of ether oxygens (including phenoxy) is 1. The van der Waals surface area contributed by atoms with Crippen LogP contribution in [0.3, 0.4) is 0 Å². The van der Waals surface area contributed by atoms with Gasteiger partial charge in [-0.05, 0) is 97.4 Å². The Hall–Kier alpha value is -1.64. The van der Waals surface area contributed by atoms with E-state index in [0.717, 1.165) is 17.8 Å². The van der Waals surface area contributed by atoms with Crippen molar-refractivity contribution >= 4 is 27.3 Å². The molecular formula is C25H41N3O4S. The van der Waals surface area contributed by atoms with E-state index < -0.39 is 15.3 Å². The van der Waals surface area contributed by atoms with Gasteiger partial charge in [0, 0.05) is 29.9 Å². The van der Waals surface area contributed by atoms with Gasteiger partial charge < -0.3 is 15.0 Å². The lowest BCUT2D eigenvalue weighted by Gasteiger charge is -2.43.